The molecule has 0 saturated carbocycles. The molecule has 0 spiro atoms. The Morgan fingerprint density at radius 1 is 1.26 bits per heavy atom. The zero-order valence-electron chi connectivity index (χ0n) is 14.2. The molecule has 1 atom stereocenters. The summed E-state index contributed by atoms with van der Waals surface area (Å²) in [5, 5.41) is 8.07. The highest BCUT2D eigenvalue weighted by atomic mass is 15.3. The smallest absolute Gasteiger partial charge is 0.157 e. The molecule has 6 nitrogen and oxygen atoms in total. The predicted octanol–water partition coefficient (Wildman–Crippen LogP) is 3.02. The van der Waals surface area contributed by atoms with E-state index in [9.17, 15) is 0 Å². The van der Waals surface area contributed by atoms with Gasteiger partial charge in [0.15, 0.2) is 5.65 Å². The molecule has 3 rings (SSSR count). The van der Waals surface area contributed by atoms with Crippen LogP contribution in [0.2, 0.25) is 0 Å². The lowest BCUT2D eigenvalue weighted by atomic mass is 9.86. The second-order valence-corrected chi connectivity index (χ2v) is 6.91. The summed E-state index contributed by atoms with van der Waals surface area (Å²) in [6.07, 6.45) is 8.35. The lowest BCUT2D eigenvalue weighted by Gasteiger charge is -2.32. The molecule has 0 aromatic carbocycles. The summed E-state index contributed by atoms with van der Waals surface area (Å²) in [5.41, 5.74) is 2.03. The van der Waals surface area contributed by atoms with E-state index in [4.69, 9.17) is 0 Å². The van der Waals surface area contributed by atoms with E-state index in [2.05, 4.69) is 58.7 Å². The van der Waals surface area contributed by atoms with Crippen LogP contribution in [0.1, 0.15) is 33.4 Å². The number of hydrogen-bond acceptors (Lipinski definition) is 4. The third-order valence-electron chi connectivity index (χ3n) is 4.09. The highest BCUT2D eigenvalue weighted by Crippen LogP contribution is 2.25. The quantitative estimate of drug-likeness (QED) is 0.787. The molecule has 0 saturated heterocycles. The van der Waals surface area contributed by atoms with Gasteiger partial charge in [0.05, 0.1) is 18.6 Å². The van der Waals surface area contributed by atoms with Crippen LogP contribution in [-0.4, -0.2) is 30.2 Å². The largest absolute Gasteiger partial charge is 0.365 e. The fourth-order valence-corrected chi connectivity index (χ4v) is 2.57. The van der Waals surface area contributed by atoms with Crippen molar-refractivity contribution in [2.45, 2.75) is 46.7 Å². The van der Waals surface area contributed by atoms with Crippen molar-refractivity contribution in [1.29, 1.82) is 0 Å². The second-order valence-electron chi connectivity index (χ2n) is 6.91. The summed E-state index contributed by atoms with van der Waals surface area (Å²) < 4.78 is 3.97. The average molecular weight is 312 g/mol. The van der Waals surface area contributed by atoms with Crippen molar-refractivity contribution in [2.24, 2.45) is 5.41 Å². The van der Waals surface area contributed by atoms with Crippen LogP contribution < -0.4 is 5.32 Å². The molecule has 3 aromatic heterocycles. The van der Waals surface area contributed by atoms with Gasteiger partial charge < -0.3 is 9.88 Å². The molecule has 0 aliphatic carbocycles. The molecule has 0 aliphatic rings. The molecule has 0 unspecified atom stereocenters. The number of nitrogens with zero attached hydrogens (tertiary/aromatic N) is 5. The standard InChI is InChI=1S/C17H24N6/c1-5-13-10-16(23-15(20-13)6-7-19-23)21-14(17(2,3)4)11-22-9-8-18-12-22/h6-10,12,14,21H,5,11H2,1-4H3/t14-/m0/s1. The van der Waals surface area contributed by atoms with Crippen LogP contribution >= 0.6 is 0 Å². The Hall–Kier alpha value is -2.37. The van der Waals surface area contributed by atoms with E-state index in [0.29, 0.717) is 0 Å². The third-order valence-corrected chi connectivity index (χ3v) is 4.09. The zero-order valence-corrected chi connectivity index (χ0v) is 14.2. The van der Waals surface area contributed by atoms with Gasteiger partial charge in [-0.2, -0.15) is 9.61 Å². The number of aromatic nitrogens is 5. The van der Waals surface area contributed by atoms with E-state index in [1.807, 2.05) is 29.3 Å². The van der Waals surface area contributed by atoms with Gasteiger partial charge in [0.1, 0.15) is 5.82 Å². The number of aryl methyl sites for hydroxylation is 1. The molecule has 3 aromatic rings. The first-order chi connectivity index (χ1) is 11.0. The third kappa shape index (κ3) is 3.36. The first kappa shape index (κ1) is 15.5. The SMILES string of the molecule is CCc1cc(N[C@@H](Cn2ccnc2)C(C)(C)C)n2nccc2n1. The second kappa shape index (κ2) is 6.02. The molecule has 0 aliphatic heterocycles. The van der Waals surface area contributed by atoms with Crippen LogP contribution in [0, 0.1) is 5.41 Å². The van der Waals surface area contributed by atoms with Crippen LogP contribution in [0.5, 0.6) is 0 Å². The Kier molecular flexibility index (Phi) is 4.07. The van der Waals surface area contributed by atoms with Crippen LogP contribution in [0.15, 0.2) is 37.1 Å². The Balaban J connectivity index is 1.94. The van der Waals surface area contributed by atoms with E-state index < -0.39 is 0 Å². The summed E-state index contributed by atoms with van der Waals surface area (Å²) in [6.45, 7) is 9.68. The summed E-state index contributed by atoms with van der Waals surface area (Å²) in [5.74, 6) is 0.983. The molecule has 0 bridgehead atoms. The first-order valence-corrected chi connectivity index (χ1v) is 8.03. The first-order valence-electron chi connectivity index (χ1n) is 8.03. The number of nitrogens with one attached hydrogen (secondary N) is 1. The molecule has 122 valence electrons. The fourth-order valence-electron chi connectivity index (χ4n) is 2.57. The molecular weight excluding hydrogens is 288 g/mol. The molecule has 0 radical (unpaired) electrons. The maximum absolute atomic E-state index is 4.60. The normalized spacial score (nSPS) is 13.4. The van der Waals surface area contributed by atoms with E-state index in [1.165, 1.54) is 0 Å². The van der Waals surface area contributed by atoms with Crippen molar-refractivity contribution in [2.75, 3.05) is 5.32 Å². The van der Waals surface area contributed by atoms with Gasteiger partial charge in [0, 0.05) is 36.8 Å². The zero-order chi connectivity index (χ0) is 16.4. The number of fused-ring (bicyclic) bond motifs is 1. The van der Waals surface area contributed by atoms with Gasteiger partial charge in [-0.15, -0.1) is 0 Å². The average Bonchev–Trinajstić information content (AvgIpc) is 3.16. The van der Waals surface area contributed by atoms with Gasteiger partial charge in [0.2, 0.25) is 0 Å². The van der Waals surface area contributed by atoms with Crippen molar-refractivity contribution in [3.63, 3.8) is 0 Å². The Morgan fingerprint density at radius 2 is 2.09 bits per heavy atom. The minimum atomic E-state index is 0.0827. The number of anilines is 1. The minimum absolute atomic E-state index is 0.0827. The molecule has 6 heteroatoms. The maximum Gasteiger partial charge on any atom is 0.157 e. The highest BCUT2D eigenvalue weighted by molar-refractivity contribution is 5.49. The van der Waals surface area contributed by atoms with Gasteiger partial charge in [-0.25, -0.2) is 9.97 Å². The van der Waals surface area contributed by atoms with Gasteiger partial charge >= 0.3 is 0 Å². The summed E-state index contributed by atoms with van der Waals surface area (Å²) >= 11 is 0. The summed E-state index contributed by atoms with van der Waals surface area (Å²) in [4.78, 5) is 8.75. The molecule has 1 N–H and O–H groups in total. The van der Waals surface area contributed by atoms with Crippen molar-refractivity contribution >= 4 is 11.5 Å². The van der Waals surface area contributed by atoms with E-state index in [-0.39, 0.29) is 11.5 Å². The van der Waals surface area contributed by atoms with Gasteiger partial charge in [-0.05, 0) is 11.8 Å². The topological polar surface area (TPSA) is 60.0 Å². The van der Waals surface area contributed by atoms with Crippen molar-refractivity contribution < 1.29 is 0 Å². The van der Waals surface area contributed by atoms with Crippen molar-refractivity contribution in [1.82, 2.24) is 24.1 Å². The maximum atomic E-state index is 4.60. The molecule has 0 amide bonds. The number of hydrogen-bond donors (Lipinski definition) is 1. The number of imidazole rings is 1. The van der Waals surface area contributed by atoms with Gasteiger partial charge in [-0.1, -0.05) is 27.7 Å². The Morgan fingerprint density at radius 3 is 2.74 bits per heavy atom. The minimum Gasteiger partial charge on any atom is -0.365 e. The van der Waals surface area contributed by atoms with Gasteiger partial charge in [-0.3, -0.25) is 0 Å². The monoisotopic (exact) mass is 312 g/mol. The van der Waals surface area contributed by atoms with E-state index in [1.54, 1.807) is 6.20 Å². The highest BCUT2D eigenvalue weighted by Gasteiger charge is 2.26. The summed E-state index contributed by atoms with van der Waals surface area (Å²) in [6, 6.07) is 4.26. The van der Waals surface area contributed by atoms with Crippen LogP contribution in [0.3, 0.4) is 0 Å². The fraction of sp³-hybridized carbons (Fsp3) is 0.471. The summed E-state index contributed by atoms with van der Waals surface area (Å²) in [7, 11) is 0. The predicted molar refractivity (Wildman–Crippen MR) is 91.5 cm³/mol. The van der Waals surface area contributed by atoms with Crippen LogP contribution in [0.25, 0.3) is 5.65 Å². The number of rotatable bonds is 5. The van der Waals surface area contributed by atoms with E-state index >= 15 is 0 Å². The van der Waals surface area contributed by atoms with Crippen LogP contribution in [0.4, 0.5) is 5.82 Å². The van der Waals surface area contributed by atoms with Crippen molar-refractivity contribution in [3.8, 4) is 0 Å². The lowest BCUT2D eigenvalue weighted by Crippen LogP contribution is -2.38. The molecular formula is C17H24N6. The van der Waals surface area contributed by atoms with Gasteiger partial charge in [0.25, 0.3) is 0 Å². The van der Waals surface area contributed by atoms with E-state index in [0.717, 1.165) is 30.1 Å². The Bertz CT molecular complexity index is 766. The molecule has 23 heavy (non-hydrogen) atoms. The van der Waals surface area contributed by atoms with Crippen molar-refractivity contribution in [3.05, 3.63) is 42.7 Å². The molecule has 3 heterocycles. The molecule has 0 fully saturated rings. The Labute approximate surface area is 136 Å². The lowest BCUT2D eigenvalue weighted by molar-refractivity contribution is 0.310. The van der Waals surface area contributed by atoms with Crippen LogP contribution in [-0.2, 0) is 13.0 Å².